The molecular formula is C40H60N2O4. The number of phenolic OH excluding ortho intramolecular Hbond substituents is 2. The first-order valence-electron chi connectivity index (χ1n) is 16.7. The molecule has 0 spiro atoms. The van der Waals surface area contributed by atoms with Gasteiger partial charge in [0.2, 0.25) is 11.8 Å². The van der Waals surface area contributed by atoms with Gasteiger partial charge in [-0.2, -0.15) is 0 Å². The molecule has 2 rings (SSSR count). The molecule has 0 saturated carbocycles. The van der Waals surface area contributed by atoms with Gasteiger partial charge in [-0.15, -0.1) is 0 Å². The zero-order valence-corrected chi connectivity index (χ0v) is 30.6. The predicted octanol–water partition coefficient (Wildman–Crippen LogP) is 8.81. The second-order valence-corrected chi connectivity index (χ2v) is 16.6. The number of carbonyl (C=O) groups excluding carboxylic acids is 2. The third kappa shape index (κ3) is 11.7. The first-order chi connectivity index (χ1) is 21.0. The summed E-state index contributed by atoms with van der Waals surface area (Å²) in [4.78, 5) is 24.9. The molecule has 0 heterocycles. The molecule has 0 fully saturated rings. The van der Waals surface area contributed by atoms with Crippen LogP contribution in [-0.2, 0) is 31.2 Å². The SMILES string of the molecule is CC(C)(C)c1cc(/C=C/C(=O)NCCCCCCNC(=O)/C=C/c2cc(C(C)(C)C)c(O)c(C(C)(C)C)c2)cc(C(C)(C)C)c1O. The molecule has 0 radical (unpaired) electrons. The zero-order valence-electron chi connectivity index (χ0n) is 30.6. The molecule has 0 aromatic heterocycles. The molecule has 0 unspecified atom stereocenters. The highest BCUT2D eigenvalue weighted by Crippen LogP contribution is 2.41. The van der Waals surface area contributed by atoms with E-state index in [4.69, 9.17) is 0 Å². The van der Waals surface area contributed by atoms with Gasteiger partial charge < -0.3 is 20.8 Å². The summed E-state index contributed by atoms with van der Waals surface area (Å²) in [6, 6.07) is 7.84. The van der Waals surface area contributed by atoms with E-state index in [1.165, 1.54) is 0 Å². The number of phenols is 2. The van der Waals surface area contributed by atoms with E-state index in [0.29, 0.717) is 24.6 Å². The molecule has 0 atom stereocenters. The largest absolute Gasteiger partial charge is 0.507 e. The third-order valence-electron chi connectivity index (χ3n) is 8.05. The van der Waals surface area contributed by atoms with Crippen LogP contribution in [-0.4, -0.2) is 35.1 Å². The van der Waals surface area contributed by atoms with Crippen LogP contribution in [0.3, 0.4) is 0 Å². The maximum absolute atomic E-state index is 12.5. The summed E-state index contributed by atoms with van der Waals surface area (Å²) in [6.45, 7) is 26.1. The van der Waals surface area contributed by atoms with E-state index in [1.807, 2.05) is 36.4 Å². The number of benzene rings is 2. The number of aromatic hydroxyl groups is 2. The minimum atomic E-state index is -0.226. The number of hydrogen-bond donors (Lipinski definition) is 4. The van der Waals surface area contributed by atoms with Crippen LogP contribution < -0.4 is 10.6 Å². The highest BCUT2D eigenvalue weighted by atomic mass is 16.3. The lowest BCUT2D eigenvalue weighted by Gasteiger charge is -2.27. The summed E-state index contributed by atoms with van der Waals surface area (Å²) in [6.07, 6.45) is 10.4. The summed E-state index contributed by atoms with van der Waals surface area (Å²) >= 11 is 0. The summed E-state index contributed by atoms with van der Waals surface area (Å²) in [5.74, 6) is 0.381. The maximum atomic E-state index is 12.5. The molecule has 6 nitrogen and oxygen atoms in total. The number of unbranched alkanes of at least 4 members (excludes halogenated alkanes) is 3. The van der Waals surface area contributed by atoms with Crippen LogP contribution >= 0.6 is 0 Å². The Hall–Kier alpha value is -3.54. The fraction of sp³-hybridized carbons (Fsp3) is 0.550. The number of rotatable bonds is 11. The molecular weight excluding hydrogens is 572 g/mol. The Kier molecular flexibility index (Phi) is 12.9. The molecule has 0 bridgehead atoms. The Morgan fingerprint density at radius 3 is 1.02 bits per heavy atom. The second kappa shape index (κ2) is 15.4. The number of carbonyl (C=O) groups is 2. The average Bonchev–Trinajstić information content (AvgIpc) is 2.90. The van der Waals surface area contributed by atoms with E-state index in [-0.39, 0.29) is 33.5 Å². The van der Waals surface area contributed by atoms with E-state index in [2.05, 4.69) is 93.7 Å². The van der Waals surface area contributed by atoms with Gasteiger partial charge in [0.25, 0.3) is 0 Å². The van der Waals surface area contributed by atoms with Gasteiger partial charge in [-0.05, 0) is 82.0 Å². The van der Waals surface area contributed by atoms with Gasteiger partial charge in [0.15, 0.2) is 0 Å². The van der Waals surface area contributed by atoms with E-state index in [0.717, 1.165) is 59.1 Å². The van der Waals surface area contributed by atoms with E-state index in [9.17, 15) is 19.8 Å². The lowest BCUT2D eigenvalue weighted by Crippen LogP contribution is -2.23. The summed E-state index contributed by atoms with van der Waals surface area (Å²) < 4.78 is 0. The molecule has 6 heteroatoms. The Balaban J connectivity index is 1.80. The first kappa shape index (κ1) is 38.6. The fourth-order valence-corrected chi connectivity index (χ4v) is 5.28. The third-order valence-corrected chi connectivity index (χ3v) is 8.05. The molecule has 0 aliphatic carbocycles. The van der Waals surface area contributed by atoms with Crippen molar-refractivity contribution in [1.29, 1.82) is 0 Å². The summed E-state index contributed by atoms with van der Waals surface area (Å²) in [5.41, 5.74) is 4.37. The highest BCUT2D eigenvalue weighted by Gasteiger charge is 2.27. The fourth-order valence-electron chi connectivity index (χ4n) is 5.28. The van der Waals surface area contributed by atoms with Gasteiger partial charge in [0.1, 0.15) is 11.5 Å². The van der Waals surface area contributed by atoms with Gasteiger partial charge >= 0.3 is 0 Å². The maximum Gasteiger partial charge on any atom is 0.243 e. The molecule has 254 valence electrons. The quantitative estimate of drug-likeness (QED) is 0.147. The van der Waals surface area contributed by atoms with Crippen LogP contribution in [0.4, 0.5) is 0 Å². The average molecular weight is 633 g/mol. The Bertz CT molecular complexity index is 1240. The number of nitrogens with one attached hydrogen (secondary N) is 2. The van der Waals surface area contributed by atoms with Crippen molar-refractivity contribution in [3.63, 3.8) is 0 Å². The molecule has 2 aromatic carbocycles. The second-order valence-electron chi connectivity index (χ2n) is 16.6. The Labute approximate surface area is 278 Å². The predicted molar refractivity (Wildman–Crippen MR) is 194 cm³/mol. The summed E-state index contributed by atoms with van der Waals surface area (Å²) in [5, 5.41) is 27.7. The van der Waals surface area contributed by atoms with Gasteiger partial charge in [-0.25, -0.2) is 0 Å². The minimum Gasteiger partial charge on any atom is -0.507 e. The van der Waals surface area contributed by atoms with Gasteiger partial charge in [0.05, 0.1) is 0 Å². The molecule has 0 aliphatic heterocycles. The highest BCUT2D eigenvalue weighted by molar-refractivity contribution is 5.92. The molecule has 2 aromatic rings. The minimum absolute atomic E-state index is 0.139. The topological polar surface area (TPSA) is 98.7 Å². The van der Waals surface area contributed by atoms with Crippen molar-refractivity contribution in [3.8, 4) is 11.5 Å². The van der Waals surface area contributed by atoms with Gasteiger partial charge in [0, 0.05) is 47.5 Å². The van der Waals surface area contributed by atoms with Crippen molar-refractivity contribution in [2.45, 2.75) is 130 Å². The van der Waals surface area contributed by atoms with Gasteiger partial charge in [-0.3, -0.25) is 9.59 Å². The zero-order chi connectivity index (χ0) is 35.1. The van der Waals surface area contributed by atoms with Crippen molar-refractivity contribution in [1.82, 2.24) is 10.6 Å². The van der Waals surface area contributed by atoms with E-state index in [1.54, 1.807) is 12.2 Å². The van der Waals surface area contributed by atoms with Crippen LogP contribution in [0.5, 0.6) is 11.5 Å². The van der Waals surface area contributed by atoms with Crippen LogP contribution in [0.15, 0.2) is 36.4 Å². The van der Waals surface area contributed by atoms with Crippen LogP contribution in [0, 0.1) is 0 Å². The van der Waals surface area contributed by atoms with Crippen LogP contribution in [0.2, 0.25) is 0 Å². The van der Waals surface area contributed by atoms with E-state index >= 15 is 0 Å². The van der Waals surface area contributed by atoms with Crippen molar-refractivity contribution in [3.05, 3.63) is 69.8 Å². The van der Waals surface area contributed by atoms with Crippen molar-refractivity contribution < 1.29 is 19.8 Å². The standard InChI is InChI=1S/C40H60N2O4/c1-37(2,3)29-23-27(24-30(35(29)45)38(4,5)6)17-19-33(43)41-21-15-13-14-16-22-42-34(44)20-18-28-25-31(39(7,8)9)36(46)32(26-28)40(10,11)12/h17-20,23-26,45-46H,13-16,21-22H2,1-12H3,(H,41,43)(H,42,44)/b19-17+,20-18+. The lowest BCUT2D eigenvalue weighted by atomic mass is 9.78. The van der Waals surface area contributed by atoms with Crippen LogP contribution in [0.25, 0.3) is 12.2 Å². The lowest BCUT2D eigenvalue weighted by molar-refractivity contribution is -0.117. The van der Waals surface area contributed by atoms with Crippen molar-refractivity contribution >= 4 is 24.0 Å². The molecule has 46 heavy (non-hydrogen) atoms. The first-order valence-corrected chi connectivity index (χ1v) is 16.7. The molecule has 2 amide bonds. The molecule has 0 saturated heterocycles. The van der Waals surface area contributed by atoms with Gasteiger partial charge in [-0.1, -0.05) is 95.9 Å². The smallest absolute Gasteiger partial charge is 0.243 e. The monoisotopic (exact) mass is 632 g/mol. The molecule has 0 aliphatic rings. The molecule has 4 N–H and O–H groups in total. The van der Waals surface area contributed by atoms with Crippen LogP contribution in [0.1, 0.15) is 142 Å². The van der Waals surface area contributed by atoms with Crippen molar-refractivity contribution in [2.24, 2.45) is 0 Å². The number of amides is 2. The van der Waals surface area contributed by atoms with E-state index < -0.39 is 0 Å². The number of hydrogen-bond acceptors (Lipinski definition) is 4. The summed E-state index contributed by atoms with van der Waals surface area (Å²) in [7, 11) is 0. The van der Waals surface area contributed by atoms with Crippen molar-refractivity contribution in [2.75, 3.05) is 13.1 Å². The Morgan fingerprint density at radius 2 is 0.783 bits per heavy atom. The Morgan fingerprint density at radius 1 is 0.522 bits per heavy atom. The normalized spacial score (nSPS) is 13.0.